The molecule has 1 heterocycles. The number of amides is 1. The lowest BCUT2D eigenvalue weighted by molar-refractivity contribution is 0.0735. The quantitative estimate of drug-likeness (QED) is 0.805. The topological polar surface area (TPSA) is 64.2 Å². The van der Waals surface area contributed by atoms with Crippen LogP contribution in [0.15, 0.2) is 6.20 Å². The average molecular weight is 210 g/mol. The first kappa shape index (κ1) is 11.6. The van der Waals surface area contributed by atoms with Gasteiger partial charge in [-0.3, -0.25) is 9.48 Å². The van der Waals surface area contributed by atoms with Crippen molar-refractivity contribution in [3.63, 3.8) is 0 Å². The highest BCUT2D eigenvalue weighted by molar-refractivity contribution is 5.97. The van der Waals surface area contributed by atoms with E-state index in [0.717, 1.165) is 6.42 Å². The standard InChI is InChI=1S/C10H18N4O/c1-5-7(2)14(4)10(15)9-8(11)6-13(3)12-9/h6-7H,5,11H2,1-4H3. The van der Waals surface area contributed by atoms with Crippen LogP contribution in [0.3, 0.4) is 0 Å². The van der Waals surface area contributed by atoms with E-state index in [0.29, 0.717) is 11.4 Å². The number of nitrogens with two attached hydrogens (primary N) is 1. The molecule has 0 spiro atoms. The second kappa shape index (κ2) is 4.33. The molecule has 1 rings (SSSR count). The number of carbonyl (C=O) groups excluding carboxylic acids is 1. The summed E-state index contributed by atoms with van der Waals surface area (Å²) >= 11 is 0. The highest BCUT2D eigenvalue weighted by atomic mass is 16.2. The van der Waals surface area contributed by atoms with E-state index in [2.05, 4.69) is 5.10 Å². The minimum absolute atomic E-state index is 0.123. The molecular formula is C10H18N4O. The largest absolute Gasteiger partial charge is 0.396 e. The minimum Gasteiger partial charge on any atom is -0.396 e. The van der Waals surface area contributed by atoms with Crippen molar-refractivity contribution in [3.05, 3.63) is 11.9 Å². The lowest BCUT2D eigenvalue weighted by Gasteiger charge is -2.22. The fourth-order valence-corrected chi connectivity index (χ4v) is 1.31. The summed E-state index contributed by atoms with van der Waals surface area (Å²) in [5.74, 6) is -0.123. The zero-order chi connectivity index (χ0) is 11.6. The summed E-state index contributed by atoms with van der Waals surface area (Å²) in [5, 5.41) is 4.05. The molecule has 1 aromatic heterocycles. The molecule has 0 fully saturated rings. The van der Waals surface area contributed by atoms with Gasteiger partial charge in [-0.15, -0.1) is 0 Å². The highest BCUT2D eigenvalue weighted by Crippen LogP contribution is 2.13. The third-order valence-corrected chi connectivity index (χ3v) is 2.63. The van der Waals surface area contributed by atoms with Crippen LogP contribution >= 0.6 is 0 Å². The van der Waals surface area contributed by atoms with Gasteiger partial charge in [0.25, 0.3) is 5.91 Å². The Bertz CT molecular complexity index is 358. The summed E-state index contributed by atoms with van der Waals surface area (Å²) < 4.78 is 1.55. The Morgan fingerprint density at radius 1 is 1.73 bits per heavy atom. The van der Waals surface area contributed by atoms with Crippen LogP contribution in [0.25, 0.3) is 0 Å². The second-order valence-corrected chi connectivity index (χ2v) is 3.78. The van der Waals surface area contributed by atoms with Crippen molar-refractivity contribution in [2.24, 2.45) is 7.05 Å². The molecule has 84 valence electrons. The molecule has 0 saturated heterocycles. The molecule has 2 N–H and O–H groups in total. The molecule has 5 nitrogen and oxygen atoms in total. The average Bonchev–Trinajstić information content (AvgIpc) is 2.54. The minimum atomic E-state index is -0.123. The van der Waals surface area contributed by atoms with Crippen LogP contribution in [0.5, 0.6) is 0 Å². The normalized spacial score (nSPS) is 12.5. The van der Waals surface area contributed by atoms with Gasteiger partial charge in [-0.05, 0) is 13.3 Å². The number of rotatable bonds is 3. The van der Waals surface area contributed by atoms with Gasteiger partial charge in [-0.2, -0.15) is 5.10 Å². The van der Waals surface area contributed by atoms with Gasteiger partial charge in [0, 0.05) is 26.3 Å². The lowest BCUT2D eigenvalue weighted by atomic mass is 10.2. The first-order valence-corrected chi connectivity index (χ1v) is 5.03. The van der Waals surface area contributed by atoms with Crippen molar-refractivity contribution in [1.82, 2.24) is 14.7 Å². The summed E-state index contributed by atoms with van der Waals surface area (Å²) in [6.45, 7) is 4.03. The van der Waals surface area contributed by atoms with Crippen LogP contribution in [-0.4, -0.2) is 33.7 Å². The summed E-state index contributed by atoms with van der Waals surface area (Å²) in [6, 6.07) is 0.193. The van der Waals surface area contributed by atoms with Crippen LogP contribution in [0, 0.1) is 0 Å². The highest BCUT2D eigenvalue weighted by Gasteiger charge is 2.21. The molecule has 0 aliphatic heterocycles. The second-order valence-electron chi connectivity index (χ2n) is 3.78. The maximum Gasteiger partial charge on any atom is 0.276 e. The lowest BCUT2D eigenvalue weighted by Crippen LogP contribution is -2.35. The van der Waals surface area contributed by atoms with E-state index in [-0.39, 0.29) is 11.9 Å². The number of anilines is 1. The fraction of sp³-hybridized carbons (Fsp3) is 0.600. The Morgan fingerprint density at radius 3 is 2.73 bits per heavy atom. The van der Waals surface area contributed by atoms with Crippen LogP contribution in [0.1, 0.15) is 30.8 Å². The van der Waals surface area contributed by atoms with Gasteiger partial charge in [0.1, 0.15) is 0 Å². The Balaban J connectivity index is 2.89. The van der Waals surface area contributed by atoms with E-state index in [1.54, 1.807) is 29.9 Å². The van der Waals surface area contributed by atoms with Gasteiger partial charge in [0.2, 0.25) is 0 Å². The first-order chi connectivity index (χ1) is 6.97. The van der Waals surface area contributed by atoms with Gasteiger partial charge < -0.3 is 10.6 Å². The Morgan fingerprint density at radius 2 is 2.33 bits per heavy atom. The molecule has 1 unspecified atom stereocenters. The number of aromatic nitrogens is 2. The summed E-state index contributed by atoms with van der Waals surface area (Å²) in [6.07, 6.45) is 2.55. The summed E-state index contributed by atoms with van der Waals surface area (Å²) in [4.78, 5) is 13.6. The van der Waals surface area contributed by atoms with Gasteiger partial charge in [0.15, 0.2) is 5.69 Å². The number of carbonyl (C=O) groups is 1. The van der Waals surface area contributed by atoms with Crippen LogP contribution < -0.4 is 5.73 Å². The molecule has 0 aromatic carbocycles. The predicted molar refractivity (Wildman–Crippen MR) is 59.5 cm³/mol. The molecule has 0 bridgehead atoms. The van der Waals surface area contributed by atoms with Crippen LogP contribution in [0.2, 0.25) is 0 Å². The number of nitrogens with zero attached hydrogens (tertiary/aromatic N) is 3. The van der Waals surface area contributed by atoms with Gasteiger partial charge >= 0.3 is 0 Å². The molecule has 0 aliphatic carbocycles. The van der Waals surface area contributed by atoms with E-state index in [1.807, 2.05) is 13.8 Å². The van der Waals surface area contributed by atoms with Crippen LogP contribution in [-0.2, 0) is 7.05 Å². The Labute approximate surface area is 89.9 Å². The number of aryl methyl sites for hydroxylation is 1. The van der Waals surface area contributed by atoms with Crippen molar-refractivity contribution in [1.29, 1.82) is 0 Å². The number of hydrogen-bond acceptors (Lipinski definition) is 3. The first-order valence-electron chi connectivity index (χ1n) is 5.03. The van der Waals surface area contributed by atoms with E-state index < -0.39 is 0 Å². The predicted octanol–water partition coefficient (Wildman–Crippen LogP) is 0.873. The molecule has 0 radical (unpaired) electrons. The maximum absolute atomic E-state index is 11.9. The molecule has 0 aliphatic rings. The van der Waals surface area contributed by atoms with Gasteiger partial charge in [0.05, 0.1) is 5.69 Å². The molecule has 0 saturated carbocycles. The third kappa shape index (κ3) is 2.29. The molecule has 1 amide bonds. The maximum atomic E-state index is 11.9. The van der Waals surface area contributed by atoms with Crippen molar-refractivity contribution >= 4 is 11.6 Å². The SMILES string of the molecule is CCC(C)N(C)C(=O)c1nn(C)cc1N. The third-order valence-electron chi connectivity index (χ3n) is 2.63. The fourth-order valence-electron chi connectivity index (χ4n) is 1.31. The molecule has 1 aromatic rings. The number of nitrogen functional groups attached to an aromatic ring is 1. The number of hydrogen-bond donors (Lipinski definition) is 1. The van der Waals surface area contributed by atoms with Crippen LogP contribution in [0.4, 0.5) is 5.69 Å². The Kier molecular flexibility index (Phi) is 3.34. The van der Waals surface area contributed by atoms with Gasteiger partial charge in [-0.25, -0.2) is 0 Å². The monoisotopic (exact) mass is 210 g/mol. The van der Waals surface area contributed by atoms with E-state index >= 15 is 0 Å². The zero-order valence-electron chi connectivity index (χ0n) is 9.69. The van der Waals surface area contributed by atoms with E-state index in [9.17, 15) is 4.79 Å². The van der Waals surface area contributed by atoms with Crippen molar-refractivity contribution in [3.8, 4) is 0 Å². The molecule has 1 atom stereocenters. The zero-order valence-corrected chi connectivity index (χ0v) is 9.69. The Hall–Kier alpha value is -1.52. The van der Waals surface area contributed by atoms with Gasteiger partial charge in [-0.1, -0.05) is 6.92 Å². The van der Waals surface area contributed by atoms with E-state index in [1.165, 1.54) is 0 Å². The molecule has 15 heavy (non-hydrogen) atoms. The van der Waals surface area contributed by atoms with Crippen molar-refractivity contribution < 1.29 is 4.79 Å². The summed E-state index contributed by atoms with van der Waals surface area (Å²) in [7, 11) is 3.51. The van der Waals surface area contributed by atoms with E-state index in [4.69, 9.17) is 5.73 Å². The van der Waals surface area contributed by atoms with Crippen molar-refractivity contribution in [2.45, 2.75) is 26.3 Å². The van der Waals surface area contributed by atoms with Crippen molar-refractivity contribution in [2.75, 3.05) is 12.8 Å². The molecular weight excluding hydrogens is 192 g/mol. The smallest absolute Gasteiger partial charge is 0.276 e. The summed E-state index contributed by atoms with van der Waals surface area (Å²) in [5.41, 5.74) is 6.45. The molecule has 5 heteroatoms.